The van der Waals surface area contributed by atoms with Gasteiger partial charge in [0.2, 0.25) is 0 Å². The van der Waals surface area contributed by atoms with Crippen molar-refractivity contribution in [1.29, 1.82) is 0 Å². The van der Waals surface area contributed by atoms with Crippen molar-refractivity contribution >= 4 is 23.3 Å². The standard InChI is InChI=1S/C10H13ClN2O3/c11-5-8(14)9(15)6-1-3-7(4-2-6)13-10(12)16/h1-4,8-9,14-15H,5H2,(H3,12,13,16). The summed E-state index contributed by atoms with van der Waals surface area (Å²) in [6.07, 6.45) is -2.06. The fourth-order valence-electron chi connectivity index (χ4n) is 1.21. The highest BCUT2D eigenvalue weighted by Gasteiger charge is 2.16. The van der Waals surface area contributed by atoms with Crippen molar-refractivity contribution in [3.8, 4) is 0 Å². The first-order valence-corrected chi connectivity index (χ1v) is 5.16. The van der Waals surface area contributed by atoms with E-state index in [1.165, 1.54) is 0 Å². The fourth-order valence-corrected chi connectivity index (χ4v) is 1.38. The van der Waals surface area contributed by atoms with E-state index in [1.54, 1.807) is 24.3 Å². The number of halogens is 1. The lowest BCUT2D eigenvalue weighted by molar-refractivity contribution is 0.0327. The van der Waals surface area contributed by atoms with Crippen molar-refractivity contribution in [3.63, 3.8) is 0 Å². The number of hydrogen-bond acceptors (Lipinski definition) is 3. The molecule has 2 atom stereocenters. The zero-order valence-corrected chi connectivity index (χ0v) is 9.19. The molecule has 0 bridgehead atoms. The maximum atomic E-state index is 10.5. The van der Waals surface area contributed by atoms with Gasteiger partial charge in [0.15, 0.2) is 0 Å². The molecule has 1 rings (SSSR count). The summed E-state index contributed by atoms with van der Waals surface area (Å²) in [6, 6.07) is 5.64. The number of carbonyl (C=O) groups is 1. The molecule has 1 aromatic rings. The van der Waals surface area contributed by atoms with Crippen molar-refractivity contribution in [1.82, 2.24) is 0 Å². The number of amides is 2. The third-order valence-corrected chi connectivity index (χ3v) is 2.36. The fraction of sp³-hybridized carbons (Fsp3) is 0.300. The molecule has 0 aliphatic rings. The third-order valence-electron chi connectivity index (χ3n) is 2.04. The van der Waals surface area contributed by atoms with Crippen LogP contribution in [0, 0.1) is 0 Å². The Kier molecular flexibility index (Phi) is 4.54. The van der Waals surface area contributed by atoms with E-state index in [-0.39, 0.29) is 5.88 Å². The number of carbonyl (C=O) groups excluding carboxylic acids is 1. The van der Waals surface area contributed by atoms with E-state index in [0.29, 0.717) is 11.3 Å². The minimum Gasteiger partial charge on any atom is -0.389 e. The Morgan fingerprint density at radius 3 is 2.38 bits per heavy atom. The van der Waals surface area contributed by atoms with E-state index in [4.69, 9.17) is 17.3 Å². The Balaban J connectivity index is 2.74. The van der Waals surface area contributed by atoms with Crippen molar-refractivity contribution in [2.75, 3.05) is 11.2 Å². The van der Waals surface area contributed by atoms with Crippen molar-refractivity contribution < 1.29 is 15.0 Å². The quantitative estimate of drug-likeness (QED) is 0.590. The second-order valence-electron chi connectivity index (χ2n) is 3.28. The predicted octanol–water partition coefficient (Wildman–Crippen LogP) is 0.810. The molecule has 0 aromatic heterocycles. The maximum absolute atomic E-state index is 10.5. The number of rotatable bonds is 4. The van der Waals surface area contributed by atoms with Gasteiger partial charge in [0.05, 0.1) is 12.0 Å². The Morgan fingerprint density at radius 2 is 1.94 bits per heavy atom. The summed E-state index contributed by atoms with van der Waals surface area (Å²) < 4.78 is 0. The van der Waals surface area contributed by atoms with Crippen LogP contribution in [0.3, 0.4) is 0 Å². The summed E-state index contributed by atoms with van der Waals surface area (Å²) in [6.45, 7) is 0. The molecule has 0 saturated carbocycles. The van der Waals surface area contributed by atoms with Crippen LogP contribution >= 0.6 is 11.6 Å². The summed E-state index contributed by atoms with van der Waals surface area (Å²) in [4.78, 5) is 10.5. The van der Waals surface area contributed by atoms with E-state index in [1.807, 2.05) is 0 Å². The average molecular weight is 245 g/mol. The van der Waals surface area contributed by atoms with E-state index < -0.39 is 18.2 Å². The first-order valence-electron chi connectivity index (χ1n) is 4.63. The summed E-state index contributed by atoms with van der Waals surface area (Å²) in [5.41, 5.74) is 5.97. The van der Waals surface area contributed by atoms with Crippen LogP contribution in [0.1, 0.15) is 11.7 Å². The molecule has 0 spiro atoms. The van der Waals surface area contributed by atoms with Crippen LogP contribution in [0.2, 0.25) is 0 Å². The van der Waals surface area contributed by atoms with E-state index in [2.05, 4.69) is 5.32 Å². The van der Waals surface area contributed by atoms with Crippen LogP contribution in [0.15, 0.2) is 24.3 Å². The van der Waals surface area contributed by atoms with E-state index in [0.717, 1.165) is 0 Å². The number of urea groups is 1. The highest BCUT2D eigenvalue weighted by atomic mass is 35.5. The molecule has 1 aromatic carbocycles. The monoisotopic (exact) mass is 244 g/mol. The van der Waals surface area contributed by atoms with Gasteiger partial charge in [0.1, 0.15) is 6.10 Å². The molecule has 0 saturated heterocycles. The second-order valence-corrected chi connectivity index (χ2v) is 3.59. The molecule has 88 valence electrons. The molecular weight excluding hydrogens is 232 g/mol. The van der Waals surface area contributed by atoms with Crippen LogP contribution in [0.4, 0.5) is 10.5 Å². The Morgan fingerprint density at radius 1 is 1.38 bits per heavy atom. The van der Waals surface area contributed by atoms with E-state index in [9.17, 15) is 15.0 Å². The summed E-state index contributed by atoms with van der Waals surface area (Å²) in [7, 11) is 0. The normalized spacial score (nSPS) is 14.2. The van der Waals surface area contributed by atoms with Crippen LogP contribution < -0.4 is 11.1 Å². The highest BCUT2D eigenvalue weighted by molar-refractivity contribution is 6.18. The average Bonchev–Trinajstić information content (AvgIpc) is 2.27. The van der Waals surface area contributed by atoms with Gasteiger partial charge in [-0.2, -0.15) is 0 Å². The molecule has 0 aliphatic heterocycles. The van der Waals surface area contributed by atoms with Gasteiger partial charge in [-0.15, -0.1) is 11.6 Å². The SMILES string of the molecule is NC(=O)Nc1ccc(C(O)C(O)CCl)cc1. The lowest BCUT2D eigenvalue weighted by atomic mass is 10.1. The number of alkyl halides is 1. The van der Waals surface area contributed by atoms with Gasteiger partial charge in [-0.25, -0.2) is 4.79 Å². The maximum Gasteiger partial charge on any atom is 0.316 e. The lowest BCUT2D eigenvalue weighted by Gasteiger charge is -2.15. The molecule has 2 unspecified atom stereocenters. The molecule has 16 heavy (non-hydrogen) atoms. The number of nitrogens with two attached hydrogens (primary N) is 1. The lowest BCUT2D eigenvalue weighted by Crippen LogP contribution is -2.20. The van der Waals surface area contributed by atoms with E-state index >= 15 is 0 Å². The highest BCUT2D eigenvalue weighted by Crippen LogP contribution is 2.19. The van der Waals surface area contributed by atoms with Crippen LogP contribution in [-0.4, -0.2) is 28.2 Å². The summed E-state index contributed by atoms with van der Waals surface area (Å²) in [5, 5.41) is 21.3. The van der Waals surface area contributed by atoms with Crippen molar-refractivity contribution in [3.05, 3.63) is 29.8 Å². The van der Waals surface area contributed by atoms with Gasteiger partial charge in [0, 0.05) is 5.69 Å². The number of benzene rings is 1. The third kappa shape index (κ3) is 3.37. The second kappa shape index (κ2) is 5.69. The summed E-state index contributed by atoms with van der Waals surface area (Å²) in [5.74, 6) is -0.0531. The summed E-state index contributed by atoms with van der Waals surface area (Å²) >= 11 is 5.41. The number of primary amides is 1. The van der Waals surface area contributed by atoms with Crippen molar-refractivity contribution in [2.24, 2.45) is 5.73 Å². The molecule has 5 nitrogen and oxygen atoms in total. The van der Waals surface area contributed by atoms with Gasteiger partial charge in [-0.1, -0.05) is 12.1 Å². The molecule has 2 amide bonds. The van der Waals surface area contributed by atoms with Gasteiger partial charge >= 0.3 is 6.03 Å². The number of aliphatic hydroxyl groups is 2. The number of hydrogen-bond donors (Lipinski definition) is 4. The molecule has 5 N–H and O–H groups in total. The molecule has 6 heteroatoms. The predicted molar refractivity (Wildman–Crippen MR) is 61.3 cm³/mol. The van der Waals surface area contributed by atoms with Crippen LogP contribution in [0.25, 0.3) is 0 Å². The van der Waals surface area contributed by atoms with Gasteiger partial charge < -0.3 is 21.3 Å². The van der Waals surface area contributed by atoms with Gasteiger partial charge in [0.25, 0.3) is 0 Å². The zero-order chi connectivity index (χ0) is 12.1. The Hall–Kier alpha value is -1.30. The first kappa shape index (κ1) is 12.8. The smallest absolute Gasteiger partial charge is 0.316 e. The van der Waals surface area contributed by atoms with Gasteiger partial charge in [-0.3, -0.25) is 0 Å². The number of aliphatic hydroxyl groups excluding tert-OH is 2. The molecular formula is C10H13ClN2O3. The number of anilines is 1. The molecule has 0 aliphatic carbocycles. The first-order chi connectivity index (χ1) is 7.54. The van der Waals surface area contributed by atoms with Crippen LogP contribution in [-0.2, 0) is 0 Å². The molecule has 0 heterocycles. The van der Waals surface area contributed by atoms with Gasteiger partial charge in [-0.05, 0) is 17.7 Å². The largest absolute Gasteiger partial charge is 0.389 e. The minimum atomic E-state index is -1.04. The topological polar surface area (TPSA) is 95.6 Å². The molecule has 0 fully saturated rings. The number of nitrogens with one attached hydrogen (secondary N) is 1. The van der Waals surface area contributed by atoms with Crippen LogP contribution in [0.5, 0.6) is 0 Å². The van der Waals surface area contributed by atoms with Crippen molar-refractivity contribution in [2.45, 2.75) is 12.2 Å². The Labute approximate surface area is 97.8 Å². The zero-order valence-electron chi connectivity index (χ0n) is 8.43. The Bertz CT molecular complexity index is 356. The minimum absolute atomic E-state index is 0.0531. The molecule has 0 radical (unpaired) electrons.